The number of sulfonamides is 2. The van der Waals surface area contributed by atoms with Crippen LogP contribution >= 0.6 is 23.2 Å². The number of aliphatic hydroxyl groups excluding tert-OH is 1. The fraction of sp³-hybridized carbons (Fsp3) is 0.429. The summed E-state index contributed by atoms with van der Waals surface area (Å²) in [6.45, 7) is 6.62. The molecule has 79 heavy (non-hydrogen) atoms. The lowest BCUT2D eigenvalue weighted by Crippen LogP contribution is -2.53. The maximum Gasteiger partial charge on any atom is 0.527 e. The Hall–Kier alpha value is -7.08. The number of aliphatic carboxylic acids is 1. The number of hydrogen-bond acceptors (Lipinski definition) is 19. The molecule has 2 amide bonds. The van der Waals surface area contributed by atoms with Crippen molar-refractivity contribution in [3.8, 4) is 0 Å². The standard InChI is InChI=1S/C24H28ClN7O6S.C23H27ClN6O4S.C2H5NO2/c1-14-11-32-21(27-22(14)30-12-16(13-30)37-24(34)38-26)10-19(28-32)20-5-3-4-8-31(20)23(33)17-9-15(25)6-7-18(17)29-39(2,35)36;1-14-11-30-21(25-22(14)28-12-16(31)13-28)10-19(26-30)20-5-3-4-8-29(20)23(32)17-9-15(24)6-7-18(17)27-35(2,33)34;3-1-2(4)5/h6-7,9-11,16,20,29H,3-5,8,12-13,26H2,1-2H3;6-7,9-11,16,20,27,31H,3-5,8,12-13H2,1-2H3;1,3H2,(H,4,5)/t2*20-;/m00./s1. The highest BCUT2D eigenvalue weighted by Crippen LogP contribution is 2.37. The number of ether oxygens (including phenoxy) is 1. The molecular formula is C49H60Cl2N14O12S2. The summed E-state index contributed by atoms with van der Waals surface area (Å²) in [5, 5.41) is 27.4. The summed E-state index contributed by atoms with van der Waals surface area (Å²) in [5.41, 5.74) is 9.83. The molecular weight excluding hydrogens is 1110 g/mol. The van der Waals surface area contributed by atoms with Crippen LogP contribution < -0.4 is 30.9 Å². The Labute approximate surface area is 464 Å². The Balaban J connectivity index is 0.000000193. The number of benzene rings is 2. The summed E-state index contributed by atoms with van der Waals surface area (Å²) in [7, 11) is -7.19. The number of hydrogen-bond donors (Lipinski definition) is 6. The number of aromatic nitrogens is 6. The number of likely N-dealkylation sites (tertiary alicyclic amines) is 2. The van der Waals surface area contributed by atoms with Crippen LogP contribution in [0.3, 0.4) is 0 Å². The summed E-state index contributed by atoms with van der Waals surface area (Å²) in [4.78, 5) is 69.0. The van der Waals surface area contributed by atoms with E-state index in [1.807, 2.05) is 48.2 Å². The Morgan fingerprint density at radius 1 is 0.696 bits per heavy atom. The highest BCUT2D eigenvalue weighted by atomic mass is 35.5. The number of carboxylic acids is 1. The van der Waals surface area contributed by atoms with Crippen LogP contribution in [-0.4, -0.2) is 161 Å². The number of aliphatic hydroxyl groups is 1. The minimum Gasteiger partial charge on any atom is -0.480 e. The fourth-order valence-electron chi connectivity index (χ4n) is 9.72. The van der Waals surface area contributed by atoms with Crippen molar-refractivity contribution in [2.24, 2.45) is 11.6 Å². The largest absolute Gasteiger partial charge is 0.527 e. The molecule has 0 aliphatic carbocycles. The first-order chi connectivity index (χ1) is 37.4. The van der Waals surface area contributed by atoms with Crippen LogP contribution in [0.4, 0.5) is 27.8 Å². The van der Waals surface area contributed by atoms with E-state index < -0.39 is 32.2 Å². The molecule has 4 aliphatic heterocycles. The highest BCUT2D eigenvalue weighted by molar-refractivity contribution is 7.92. The molecule has 4 saturated heterocycles. The van der Waals surface area contributed by atoms with Crippen molar-refractivity contribution in [3.05, 3.63) is 105 Å². The van der Waals surface area contributed by atoms with Crippen LogP contribution in [-0.2, 0) is 34.4 Å². The third-order valence-corrected chi connectivity index (χ3v) is 15.0. The molecule has 4 aromatic heterocycles. The van der Waals surface area contributed by atoms with Gasteiger partial charge >= 0.3 is 12.1 Å². The topological polar surface area (TPSA) is 345 Å². The van der Waals surface area contributed by atoms with Crippen molar-refractivity contribution in [2.75, 3.05) is 77.6 Å². The molecule has 10 rings (SSSR count). The van der Waals surface area contributed by atoms with E-state index in [1.165, 1.54) is 30.3 Å². The predicted octanol–water partition coefficient (Wildman–Crippen LogP) is 4.29. The quantitative estimate of drug-likeness (QED) is 0.0735. The lowest BCUT2D eigenvalue weighted by Gasteiger charge is -2.39. The zero-order chi connectivity index (χ0) is 57.1. The van der Waals surface area contributed by atoms with E-state index in [2.05, 4.69) is 20.0 Å². The van der Waals surface area contributed by atoms with Gasteiger partial charge in [0.15, 0.2) is 11.3 Å². The molecule has 8 heterocycles. The van der Waals surface area contributed by atoms with Gasteiger partial charge in [0.25, 0.3) is 11.8 Å². The van der Waals surface area contributed by atoms with Gasteiger partial charge < -0.3 is 45.1 Å². The number of nitrogens with two attached hydrogens (primary N) is 2. The van der Waals surface area contributed by atoms with Crippen LogP contribution in [0.25, 0.3) is 11.3 Å². The van der Waals surface area contributed by atoms with Crippen LogP contribution in [0.5, 0.6) is 0 Å². The predicted molar refractivity (Wildman–Crippen MR) is 293 cm³/mol. The van der Waals surface area contributed by atoms with Crippen LogP contribution in [0.2, 0.25) is 10.0 Å². The van der Waals surface area contributed by atoms with Crippen LogP contribution in [0, 0.1) is 13.8 Å². The second-order valence-corrected chi connectivity index (χ2v) is 23.9. The summed E-state index contributed by atoms with van der Waals surface area (Å²) in [6.07, 6.45) is 9.17. The van der Waals surface area contributed by atoms with E-state index in [0.29, 0.717) is 72.7 Å². The van der Waals surface area contributed by atoms with Gasteiger partial charge in [0, 0.05) is 71.9 Å². The van der Waals surface area contributed by atoms with Crippen LogP contribution in [0.15, 0.2) is 60.9 Å². The number of fused-ring (bicyclic) bond motifs is 2. The number of nitrogens with one attached hydrogen (secondary N) is 2. The van der Waals surface area contributed by atoms with Gasteiger partial charge in [-0.05, 0) is 88.8 Å². The second kappa shape index (κ2) is 24.1. The number of β-amino-alcohol motifs (C(OH)–C–C–N with tert-alkyl or cyclic N) is 1. The molecule has 0 saturated carbocycles. The zero-order valence-corrected chi connectivity index (χ0v) is 46.6. The molecule has 0 bridgehead atoms. The van der Waals surface area contributed by atoms with Gasteiger partial charge in [0.2, 0.25) is 20.0 Å². The van der Waals surface area contributed by atoms with E-state index in [4.69, 9.17) is 59.1 Å². The first kappa shape index (κ1) is 58.1. The van der Waals surface area contributed by atoms with Gasteiger partial charge in [-0.3, -0.25) is 23.8 Å². The van der Waals surface area contributed by atoms with Crippen molar-refractivity contribution in [1.29, 1.82) is 0 Å². The van der Waals surface area contributed by atoms with E-state index >= 15 is 0 Å². The average molecular weight is 1170 g/mol. The SMILES string of the molecule is Cc1cn2nc([C@@H]3CCCCN3C(=O)c3cc(Cl)ccc3NS(C)(=O)=O)cc2nc1N1CC(O)C1.Cc1cn2nc([C@@H]3CCCCN3C(=O)c3cc(Cl)ccc3NS(C)(=O)=O)cc2nc1N1CC(OC(=O)ON)C1.NCC(=O)O. The van der Waals surface area contributed by atoms with Gasteiger partial charge in [0.1, 0.15) is 17.7 Å². The Morgan fingerprint density at radius 3 is 1.49 bits per heavy atom. The number of carbonyl (C=O) groups is 4. The van der Waals surface area contributed by atoms with Gasteiger partial charge in [-0.1, -0.05) is 23.2 Å². The molecule has 2 atom stereocenters. The van der Waals surface area contributed by atoms with Crippen molar-refractivity contribution >= 4 is 101 Å². The Kier molecular flexibility index (Phi) is 17.7. The maximum atomic E-state index is 13.8. The number of carbonyl (C=O) groups excluding carboxylic acids is 3. The molecule has 0 spiro atoms. The molecule has 0 radical (unpaired) electrons. The van der Waals surface area contributed by atoms with E-state index in [9.17, 15) is 41.1 Å². The molecule has 30 heteroatoms. The molecule has 6 aromatic rings. The normalized spacial score (nSPS) is 17.9. The lowest BCUT2D eigenvalue weighted by atomic mass is 9.98. The number of carboxylic acid groups (broad SMARTS) is 1. The molecule has 4 aliphatic rings. The lowest BCUT2D eigenvalue weighted by molar-refractivity contribution is -0.135. The van der Waals surface area contributed by atoms with E-state index in [1.54, 1.807) is 24.9 Å². The van der Waals surface area contributed by atoms with Gasteiger partial charge in [0.05, 0.1) is 84.2 Å². The molecule has 0 unspecified atom stereocenters. The molecule has 2 aromatic carbocycles. The number of piperidine rings is 2. The minimum atomic E-state index is -3.61. The Bertz CT molecular complexity index is 3520. The molecule has 26 nitrogen and oxygen atoms in total. The average Bonchev–Trinajstić information content (AvgIpc) is 4.01. The number of anilines is 4. The van der Waals surface area contributed by atoms with Crippen LogP contribution in [0.1, 0.15) is 93.8 Å². The maximum absolute atomic E-state index is 13.8. The van der Waals surface area contributed by atoms with Gasteiger partial charge in [-0.15, -0.1) is 0 Å². The minimum absolute atomic E-state index is 0.171. The zero-order valence-electron chi connectivity index (χ0n) is 43.5. The van der Waals surface area contributed by atoms with Gasteiger partial charge in [-0.2, -0.15) is 16.1 Å². The summed E-state index contributed by atoms with van der Waals surface area (Å²) in [5.74, 6) is 4.78. The number of halogens is 2. The smallest absolute Gasteiger partial charge is 0.480 e. The second-order valence-electron chi connectivity index (χ2n) is 19.6. The first-order valence-electron chi connectivity index (χ1n) is 25.0. The number of rotatable bonds is 12. The van der Waals surface area contributed by atoms with Crippen molar-refractivity contribution in [3.63, 3.8) is 0 Å². The molecule has 424 valence electrons. The monoisotopic (exact) mass is 1170 g/mol. The third-order valence-electron chi connectivity index (χ3n) is 13.3. The van der Waals surface area contributed by atoms with E-state index in [0.717, 1.165) is 73.1 Å². The fourth-order valence-corrected chi connectivity index (χ4v) is 11.2. The number of nitrogens with zero attached hydrogens (tertiary/aromatic N) is 10. The number of amides is 2. The first-order valence-corrected chi connectivity index (χ1v) is 29.5. The van der Waals surface area contributed by atoms with Crippen molar-refractivity contribution < 1.29 is 55.8 Å². The van der Waals surface area contributed by atoms with Crippen molar-refractivity contribution in [1.82, 2.24) is 39.0 Å². The molecule has 4 fully saturated rings. The highest BCUT2D eigenvalue weighted by Gasteiger charge is 2.36. The molecule has 8 N–H and O–H groups in total. The third kappa shape index (κ3) is 14.0. The Morgan fingerprint density at radius 2 is 1.11 bits per heavy atom. The number of aryl methyl sites for hydroxylation is 2. The summed E-state index contributed by atoms with van der Waals surface area (Å²) >= 11 is 12.3. The van der Waals surface area contributed by atoms with E-state index in [-0.39, 0.29) is 65.2 Å². The van der Waals surface area contributed by atoms with Crippen molar-refractivity contribution in [2.45, 2.75) is 76.7 Å². The summed E-state index contributed by atoms with van der Waals surface area (Å²) < 4.78 is 60.8. The van der Waals surface area contributed by atoms with Gasteiger partial charge in [-0.25, -0.2) is 40.6 Å². The summed E-state index contributed by atoms with van der Waals surface area (Å²) in [6, 6.07) is 12.2.